The number of para-hydroxylation sites is 4. The van der Waals surface area contributed by atoms with Crippen molar-refractivity contribution >= 4 is 28.9 Å². The van der Waals surface area contributed by atoms with E-state index in [9.17, 15) is 19.7 Å². The third kappa shape index (κ3) is 4.86. The second-order valence-electron chi connectivity index (χ2n) is 6.80. The van der Waals surface area contributed by atoms with Gasteiger partial charge in [-0.05, 0) is 25.1 Å². The van der Waals surface area contributed by atoms with Gasteiger partial charge in [0.2, 0.25) is 11.8 Å². The molecule has 0 aromatic heterocycles. The van der Waals surface area contributed by atoms with Crippen LogP contribution in [-0.2, 0) is 9.59 Å². The van der Waals surface area contributed by atoms with Crippen molar-refractivity contribution in [3.8, 4) is 5.75 Å². The molecule has 2 aromatic rings. The first-order valence-corrected chi connectivity index (χ1v) is 9.78. The lowest BCUT2D eigenvalue weighted by atomic mass is 10.1. The zero-order valence-electron chi connectivity index (χ0n) is 16.7. The van der Waals surface area contributed by atoms with Crippen LogP contribution < -0.4 is 20.3 Å². The van der Waals surface area contributed by atoms with Crippen molar-refractivity contribution in [2.24, 2.45) is 5.92 Å². The van der Waals surface area contributed by atoms with Crippen LogP contribution in [0.2, 0.25) is 0 Å². The quantitative estimate of drug-likeness (QED) is 0.372. The molecule has 1 atom stereocenters. The molecule has 9 nitrogen and oxygen atoms in total. The molecule has 3 rings (SSSR count). The van der Waals surface area contributed by atoms with Crippen molar-refractivity contribution in [2.75, 3.05) is 36.5 Å². The Morgan fingerprint density at radius 2 is 1.93 bits per heavy atom. The van der Waals surface area contributed by atoms with Gasteiger partial charge < -0.3 is 20.3 Å². The molecule has 1 aliphatic heterocycles. The third-order valence-electron chi connectivity index (χ3n) is 4.79. The molecule has 1 fully saturated rings. The van der Waals surface area contributed by atoms with Gasteiger partial charge in [-0.3, -0.25) is 19.7 Å². The van der Waals surface area contributed by atoms with E-state index in [2.05, 4.69) is 10.6 Å². The fraction of sp³-hybridized carbons (Fsp3) is 0.333. The van der Waals surface area contributed by atoms with Crippen molar-refractivity contribution < 1.29 is 19.2 Å². The SMILES string of the molecule is CCOc1ccccc1N1C[C@H](C(=O)NCCNc2ccccc2[N+](=O)[O-])CC1=O. The number of benzene rings is 2. The van der Waals surface area contributed by atoms with Crippen molar-refractivity contribution in [3.05, 3.63) is 58.6 Å². The highest BCUT2D eigenvalue weighted by molar-refractivity contribution is 6.01. The molecule has 9 heteroatoms. The minimum atomic E-state index is -0.460. The molecule has 2 N–H and O–H groups in total. The first-order valence-electron chi connectivity index (χ1n) is 9.78. The van der Waals surface area contributed by atoms with Crippen LogP contribution in [0.4, 0.5) is 17.1 Å². The van der Waals surface area contributed by atoms with Crippen LogP contribution in [0.3, 0.4) is 0 Å². The Balaban J connectivity index is 1.53. The Bertz CT molecular complexity index is 933. The van der Waals surface area contributed by atoms with Crippen LogP contribution in [0, 0.1) is 16.0 Å². The van der Waals surface area contributed by atoms with Gasteiger partial charge in [0.1, 0.15) is 11.4 Å². The molecule has 1 aliphatic rings. The molecule has 1 heterocycles. The summed E-state index contributed by atoms with van der Waals surface area (Å²) in [5.41, 5.74) is 1.04. The maximum absolute atomic E-state index is 12.5. The van der Waals surface area contributed by atoms with Crippen LogP contribution in [0.5, 0.6) is 5.75 Å². The number of nitrogens with one attached hydrogen (secondary N) is 2. The number of nitrogens with zero attached hydrogens (tertiary/aromatic N) is 2. The van der Waals surface area contributed by atoms with Crippen LogP contribution >= 0.6 is 0 Å². The zero-order chi connectivity index (χ0) is 21.5. The number of anilines is 2. The van der Waals surface area contributed by atoms with Gasteiger partial charge in [0.05, 0.1) is 23.1 Å². The largest absolute Gasteiger partial charge is 0.492 e. The van der Waals surface area contributed by atoms with Crippen molar-refractivity contribution in [3.63, 3.8) is 0 Å². The predicted molar refractivity (Wildman–Crippen MR) is 113 cm³/mol. The van der Waals surface area contributed by atoms with E-state index in [1.165, 1.54) is 6.07 Å². The van der Waals surface area contributed by atoms with Crippen molar-refractivity contribution in [1.82, 2.24) is 5.32 Å². The predicted octanol–water partition coefficient (Wildman–Crippen LogP) is 2.57. The molecule has 2 amide bonds. The van der Waals surface area contributed by atoms with E-state index < -0.39 is 10.8 Å². The topological polar surface area (TPSA) is 114 Å². The fourth-order valence-corrected chi connectivity index (χ4v) is 3.38. The summed E-state index contributed by atoms with van der Waals surface area (Å²) in [6.07, 6.45) is 0.129. The molecular weight excluding hydrogens is 388 g/mol. The second kappa shape index (κ2) is 9.73. The third-order valence-corrected chi connectivity index (χ3v) is 4.79. The number of rotatable bonds is 9. The average Bonchev–Trinajstić information content (AvgIpc) is 3.13. The fourth-order valence-electron chi connectivity index (χ4n) is 3.38. The standard InChI is InChI=1S/C21H24N4O5/c1-2-30-19-10-6-5-9-18(19)24-14-15(13-20(24)26)21(27)23-12-11-22-16-7-3-4-8-17(16)25(28)29/h3-10,15,22H,2,11-14H2,1H3,(H,23,27)/t15-/m1/s1. The van der Waals surface area contributed by atoms with E-state index in [0.29, 0.717) is 30.3 Å². The molecular formula is C21H24N4O5. The first kappa shape index (κ1) is 21.1. The number of hydrogen-bond donors (Lipinski definition) is 2. The summed E-state index contributed by atoms with van der Waals surface area (Å²) in [6.45, 7) is 3.25. The maximum atomic E-state index is 12.5. The number of amides is 2. The molecule has 0 unspecified atom stereocenters. The minimum absolute atomic E-state index is 0.0196. The van der Waals surface area contributed by atoms with Crippen LogP contribution in [0.25, 0.3) is 0 Å². The Hall–Kier alpha value is -3.62. The smallest absolute Gasteiger partial charge is 0.292 e. The number of carbonyl (C=O) groups is 2. The van der Waals surface area contributed by atoms with Gasteiger partial charge in [-0.25, -0.2) is 0 Å². The number of hydrogen-bond acceptors (Lipinski definition) is 6. The number of carbonyl (C=O) groups excluding carboxylic acids is 2. The summed E-state index contributed by atoms with van der Waals surface area (Å²) in [4.78, 5) is 37.1. The van der Waals surface area contributed by atoms with Crippen LogP contribution in [0.1, 0.15) is 13.3 Å². The van der Waals surface area contributed by atoms with Gasteiger partial charge >= 0.3 is 0 Å². The lowest BCUT2D eigenvalue weighted by Crippen LogP contribution is -2.35. The lowest BCUT2D eigenvalue weighted by Gasteiger charge is -2.20. The molecule has 30 heavy (non-hydrogen) atoms. The Kier molecular flexibility index (Phi) is 6.84. The maximum Gasteiger partial charge on any atom is 0.292 e. The first-order chi connectivity index (χ1) is 14.5. The summed E-state index contributed by atoms with van der Waals surface area (Å²) in [5.74, 6) is -0.189. The van der Waals surface area contributed by atoms with Gasteiger partial charge in [0.15, 0.2) is 0 Å². The van der Waals surface area contributed by atoms with Gasteiger partial charge in [-0.15, -0.1) is 0 Å². The number of ether oxygens (including phenoxy) is 1. The van der Waals surface area contributed by atoms with Crippen molar-refractivity contribution in [1.29, 1.82) is 0 Å². The zero-order valence-corrected chi connectivity index (χ0v) is 16.7. The van der Waals surface area contributed by atoms with Crippen LogP contribution in [0.15, 0.2) is 48.5 Å². The molecule has 0 saturated carbocycles. The number of nitro benzene ring substituents is 1. The summed E-state index contributed by atoms with van der Waals surface area (Å²) >= 11 is 0. The highest BCUT2D eigenvalue weighted by Crippen LogP contribution is 2.33. The minimum Gasteiger partial charge on any atom is -0.492 e. The highest BCUT2D eigenvalue weighted by Gasteiger charge is 2.36. The molecule has 0 radical (unpaired) electrons. The molecule has 2 aromatic carbocycles. The summed E-state index contributed by atoms with van der Waals surface area (Å²) in [7, 11) is 0. The average molecular weight is 412 g/mol. The van der Waals surface area contributed by atoms with E-state index in [0.717, 1.165) is 0 Å². The van der Waals surface area contributed by atoms with E-state index >= 15 is 0 Å². The van der Waals surface area contributed by atoms with E-state index in [1.807, 2.05) is 19.1 Å². The monoisotopic (exact) mass is 412 g/mol. The molecule has 0 bridgehead atoms. The van der Waals surface area contributed by atoms with E-state index in [4.69, 9.17) is 4.74 Å². The second-order valence-corrected chi connectivity index (χ2v) is 6.80. The van der Waals surface area contributed by atoms with Gasteiger partial charge in [-0.2, -0.15) is 0 Å². The van der Waals surface area contributed by atoms with E-state index in [1.54, 1.807) is 35.2 Å². The Labute approximate surface area is 174 Å². The van der Waals surface area contributed by atoms with Gasteiger partial charge in [-0.1, -0.05) is 24.3 Å². The Morgan fingerprint density at radius 1 is 1.20 bits per heavy atom. The van der Waals surface area contributed by atoms with E-state index in [-0.39, 0.29) is 37.0 Å². The van der Waals surface area contributed by atoms with Gasteiger partial charge in [0, 0.05) is 32.1 Å². The molecule has 0 aliphatic carbocycles. The molecule has 158 valence electrons. The Morgan fingerprint density at radius 3 is 2.70 bits per heavy atom. The summed E-state index contributed by atoms with van der Waals surface area (Å²) < 4.78 is 5.59. The highest BCUT2D eigenvalue weighted by atomic mass is 16.6. The summed E-state index contributed by atoms with van der Waals surface area (Å²) in [6, 6.07) is 13.6. The van der Waals surface area contributed by atoms with Gasteiger partial charge in [0.25, 0.3) is 5.69 Å². The molecule has 0 spiro atoms. The molecule has 1 saturated heterocycles. The van der Waals surface area contributed by atoms with Crippen molar-refractivity contribution in [2.45, 2.75) is 13.3 Å². The lowest BCUT2D eigenvalue weighted by molar-refractivity contribution is -0.384. The normalized spacial score (nSPS) is 15.7. The van der Waals surface area contributed by atoms with Crippen LogP contribution in [-0.4, -0.2) is 43.0 Å². The number of nitro groups is 1. The summed E-state index contributed by atoms with van der Waals surface area (Å²) in [5, 5.41) is 16.8.